The molecule has 0 unspecified atom stereocenters. The van der Waals surface area contributed by atoms with Crippen LogP contribution in [0.4, 0.5) is 5.69 Å². The highest BCUT2D eigenvalue weighted by Gasteiger charge is 2.33. The zero-order valence-electron chi connectivity index (χ0n) is 17.5. The molecule has 31 heavy (non-hydrogen) atoms. The number of carbonyl (C=O) groups is 2. The molecular weight excluding hydrogens is 424 g/mol. The molecule has 0 spiro atoms. The van der Waals surface area contributed by atoms with E-state index in [2.05, 4.69) is 4.72 Å². The molecule has 1 N–H and O–H groups in total. The monoisotopic (exact) mass is 448 g/mol. The van der Waals surface area contributed by atoms with Gasteiger partial charge in [0, 0.05) is 12.8 Å². The van der Waals surface area contributed by atoms with E-state index >= 15 is 0 Å². The van der Waals surface area contributed by atoms with Crippen LogP contribution < -0.4 is 23.8 Å². The maximum absolute atomic E-state index is 12.9. The second kappa shape index (κ2) is 9.36. The number of hydrogen-bond acceptors (Lipinski definition) is 7. The molecule has 1 aliphatic heterocycles. The van der Waals surface area contributed by atoms with Crippen molar-refractivity contribution in [3.63, 3.8) is 0 Å². The minimum atomic E-state index is -3.96. The Hall–Kier alpha value is -3.11. The highest BCUT2D eigenvalue weighted by molar-refractivity contribution is 7.89. The average molecular weight is 448 g/mol. The molecule has 1 fully saturated rings. The summed E-state index contributed by atoms with van der Waals surface area (Å²) < 4.78 is 44.4. The highest BCUT2D eigenvalue weighted by Crippen LogP contribution is 2.34. The number of benzene rings is 2. The van der Waals surface area contributed by atoms with Crippen LogP contribution in [0, 0.1) is 0 Å². The van der Waals surface area contributed by atoms with Gasteiger partial charge in [0.25, 0.3) is 0 Å². The van der Waals surface area contributed by atoms with Crippen molar-refractivity contribution in [3.8, 4) is 17.2 Å². The van der Waals surface area contributed by atoms with Crippen molar-refractivity contribution >= 4 is 27.5 Å². The number of sulfonamides is 1. The van der Waals surface area contributed by atoms with E-state index in [0.717, 1.165) is 4.90 Å². The number of ether oxygens (including phenoxy) is 3. The van der Waals surface area contributed by atoms with Crippen LogP contribution in [-0.4, -0.2) is 47.1 Å². The lowest BCUT2D eigenvalue weighted by atomic mass is 10.2. The predicted molar refractivity (Wildman–Crippen MR) is 113 cm³/mol. The highest BCUT2D eigenvalue weighted by atomic mass is 32.2. The van der Waals surface area contributed by atoms with E-state index in [1.165, 1.54) is 32.4 Å². The SMILES string of the molecule is COc1ccccc1OC[C@@H](C)NS(=O)(=O)c1ccc(OC)c(N2C(=O)CCC2=O)c1. The van der Waals surface area contributed by atoms with Gasteiger partial charge in [0.1, 0.15) is 12.4 Å². The maximum Gasteiger partial charge on any atom is 0.241 e. The van der Waals surface area contributed by atoms with Crippen molar-refractivity contribution in [1.82, 2.24) is 4.72 Å². The molecule has 1 aliphatic rings. The van der Waals surface area contributed by atoms with Crippen LogP contribution in [0.1, 0.15) is 19.8 Å². The number of para-hydroxylation sites is 2. The minimum absolute atomic E-state index is 0.0612. The molecule has 0 radical (unpaired) electrons. The number of imide groups is 1. The fourth-order valence-corrected chi connectivity index (χ4v) is 4.42. The standard InChI is InChI=1S/C21H24N2O7S/c1-14(13-30-19-7-5-4-6-18(19)29-3)22-31(26,27)15-8-9-17(28-2)16(12-15)23-20(24)10-11-21(23)25/h4-9,12,14,22H,10-11,13H2,1-3H3/t14-/m1/s1. The second-order valence-corrected chi connectivity index (χ2v) is 8.65. The van der Waals surface area contributed by atoms with E-state index in [0.29, 0.717) is 11.5 Å². The number of carbonyl (C=O) groups excluding carboxylic acids is 2. The van der Waals surface area contributed by atoms with Gasteiger partial charge in [-0.2, -0.15) is 0 Å². The lowest BCUT2D eigenvalue weighted by Crippen LogP contribution is -2.37. The van der Waals surface area contributed by atoms with Gasteiger partial charge in [0.2, 0.25) is 21.8 Å². The van der Waals surface area contributed by atoms with Crippen LogP contribution >= 0.6 is 0 Å². The molecule has 0 aliphatic carbocycles. The Morgan fingerprint density at radius 2 is 1.58 bits per heavy atom. The van der Waals surface area contributed by atoms with Crippen molar-refractivity contribution in [2.45, 2.75) is 30.7 Å². The Morgan fingerprint density at radius 3 is 2.19 bits per heavy atom. The van der Waals surface area contributed by atoms with Crippen molar-refractivity contribution in [3.05, 3.63) is 42.5 Å². The molecular formula is C21H24N2O7S. The molecule has 0 aromatic heterocycles. The average Bonchev–Trinajstić information content (AvgIpc) is 3.09. The van der Waals surface area contributed by atoms with Gasteiger partial charge in [0.05, 0.1) is 30.8 Å². The number of amides is 2. The number of rotatable bonds is 9. The molecule has 10 heteroatoms. The minimum Gasteiger partial charge on any atom is -0.495 e. The first-order valence-electron chi connectivity index (χ1n) is 9.58. The predicted octanol–water partition coefficient (Wildman–Crippen LogP) is 2.10. The number of hydrogen-bond donors (Lipinski definition) is 1. The summed E-state index contributed by atoms with van der Waals surface area (Å²) in [5.41, 5.74) is 0.107. The summed E-state index contributed by atoms with van der Waals surface area (Å²) in [5.74, 6) is 0.468. The van der Waals surface area contributed by atoms with E-state index in [1.54, 1.807) is 31.2 Å². The third-order valence-corrected chi connectivity index (χ3v) is 6.25. The van der Waals surface area contributed by atoms with Crippen LogP contribution in [0.25, 0.3) is 0 Å². The molecule has 1 heterocycles. The van der Waals surface area contributed by atoms with Crippen molar-refractivity contribution in [1.29, 1.82) is 0 Å². The van der Waals surface area contributed by atoms with Gasteiger partial charge in [-0.05, 0) is 37.3 Å². The Morgan fingerprint density at radius 1 is 0.968 bits per heavy atom. The zero-order valence-corrected chi connectivity index (χ0v) is 18.3. The molecule has 2 aromatic rings. The fraction of sp³-hybridized carbons (Fsp3) is 0.333. The molecule has 0 saturated carbocycles. The first-order chi connectivity index (χ1) is 14.8. The summed E-state index contributed by atoms with van der Waals surface area (Å²) in [4.78, 5) is 25.1. The number of nitrogens with zero attached hydrogens (tertiary/aromatic N) is 1. The van der Waals surface area contributed by atoms with E-state index < -0.39 is 27.9 Å². The smallest absolute Gasteiger partial charge is 0.241 e. The van der Waals surface area contributed by atoms with E-state index in [-0.39, 0.29) is 35.8 Å². The fourth-order valence-electron chi connectivity index (χ4n) is 3.18. The quantitative estimate of drug-likeness (QED) is 0.585. The van der Waals surface area contributed by atoms with Crippen LogP contribution in [0.15, 0.2) is 47.4 Å². The largest absolute Gasteiger partial charge is 0.495 e. The summed E-state index contributed by atoms with van der Waals surface area (Å²) in [6, 6.07) is 10.5. The Bertz CT molecular complexity index is 1070. The van der Waals surface area contributed by atoms with Gasteiger partial charge < -0.3 is 14.2 Å². The molecule has 0 bridgehead atoms. The van der Waals surface area contributed by atoms with Crippen molar-refractivity contribution in [2.75, 3.05) is 25.7 Å². The zero-order chi connectivity index (χ0) is 22.6. The number of nitrogens with one attached hydrogen (secondary N) is 1. The number of anilines is 1. The lowest BCUT2D eigenvalue weighted by molar-refractivity contribution is -0.121. The third kappa shape index (κ3) is 4.97. The van der Waals surface area contributed by atoms with E-state index in [4.69, 9.17) is 14.2 Å². The van der Waals surface area contributed by atoms with Gasteiger partial charge >= 0.3 is 0 Å². The summed E-state index contributed by atoms with van der Waals surface area (Å²) in [6.07, 6.45) is 0.156. The Balaban J connectivity index is 1.77. The summed E-state index contributed by atoms with van der Waals surface area (Å²) in [5, 5.41) is 0. The van der Waals surface area contributed by atoms with Gasteiger partial charge in [-0.15, -0.1) is 0 Å². The van der Waals surface area contributed by atoms with E-state index in [9.17, 15) is 18.0 Å². The normalized spacial score (nSPS) is 15.1. The van der Waals surface area contributed by atoms with Crippen LogP contribution in [-0.2, 0) is 19.6 Å². The first-order valence-corrected chi connectivity index (χ1v) is 11.1. The van der Waals surface area contributed by atoms with Gasteiger partial charge in [-0.3, -0.25) is 9.59 Å². The summed E-state index contributed by atoms with van der Waals surface area (Å²) >= 11 is 0. The molecule has 2 aromatic carbocycles. The van der Waals surface area contributed by atoms with Crippen molar-refractivity contribution in [2.24, 2.45) is 0 Å². The molecule has 1 saturated heterocycles. The van der Waals surface area contributed by atoms with Crippen LogP contribution in [0.5, 0.6) is 17.2 Å². The topological polar surface area (TPSA) is 111 Å². The molecule has 1 atom stereocenters. The molecule has 3 rings (SSSR count). The Labute approximate surface area is 181 Å². The van der Waals surface area contributed by atoms with Gasteiger partial charge in [0.15, 0.2) is 11.5 Å². The summed E-state index contributed by atoms with van der Waals surface area (Å²) in [6.45, 7) is 1.72. The summed E-state index contributed by atoms with van der Waals surface area (Å²) in [7, 11) is -1.06. The first kappa shape index (κ1) is 22.6. The van der Waals surface area contributed by atoms with Gasteiger partial charge in [-0.1, -0.05) is 12.1 Å². The number of methoxy groups -OCH3 is 2. The molecule has 166 valence electrons. The maximum atomic E-state index is 12.9. The van der Waals surface area contributed by atoms with Gasteiger partial charge in [-0.25, -0.2) is 18.0 Å². The lowest BCUT2D eigenvalue weighted by Gasteiger charge is -2.20. The third-order valence-electron chi connectivity index (χ3n) is 4.67. The molecule has 9 nitrogen and oxygen atoms in total. The second-order valence-electron chi connectivity index (χ2n) is 6.94. The Kier molecular flexibility index (Phi) is 6.81. The van der Waals surface area contributed by atoms with Crippen molar-refractivity contribution < 1.29 is 32.2 Å². The van der Waals surface area contributed by atoms with E-state index in [1.807, 2.05) is 0 Å². The molecule has 2 amide bonds. The van der Waals surface area contributed by atoms with Crippen LogP contribution in [0.3, 0.4) is 0 Å². The van der Waals surface area contributed by atoms with Crippen LogP contribution in [0.2, 0.25) is 0 Å².